The fourth-order valence-corrected chi connectivity index (χ4v) is 6.23. The van der Waals surface area contributed by atoms with E-state index in [0.717, 1.165) is 35.7 Å². The second-order valence-corrected chi connectivity index (χ2v) is 11.4. The predicted octanol–water partition coefficient (Wildman–Crippen LogP) is 5.40. The van der Waals surface area contributed by atoms with Crippen LogP contribution in [0, 0.1) is 30.2 Å². The number of aliphatic hydroxyl groups excluding tert-OH is 1. The maximum Gasteiger partial charge on any atom is 0.267 e. The molecule has 0 aliphatic carbocycles. The van der Waals surface area contributed by atoms with Gasteiger partial charge in [0.25, 0.3) is 10.0 Å². The van der Waals surface area contributed by atoms with Gasteiger partial charge in [-0.3, -0.25) is 9.71 Å². The smallest absolute Gasteiger partial charge is 0.267 e. The number of halogens is 4. The van der Waals surface area contributed by atoms with Crippen LogP contribution < -0.4 is 10.0 Å². The van der Waals surface area contributed by atoms with Crippen LogP contribution in [0.3, 0.4) is 0 Å². The zero-order valence-electron chi connectivity index (χ0n) is 21.6. The molecule has 5 aromatic rings. The molecule has 15 heteroatoms. The van der Waals surface area contributed by atoms with Crippen LogP contribution in [0.5, 0.6) is 0 Å². The first kappa shape index (κ1) is 29.0. The van der Waals surface area contributed by atoms with Crippen LogP contribution in [0.15, 0.2) is 66.0 Å². The lowest BCUT2D eigenvalue weighted by Crippen LogP contribution is -2.18. The lowest BCUT2D eigenvalue weighted by molar-refractivity contribution is 0.311. The SMILES string of the molecule is Cc1ccc(F)c(S(=O)(=O)Nc2cccc(-c3nc(-c4cncc(F)c4)sc3-c3ccnc(NCCO)n3)c2F)c1F. The van der Waals surface area contributed by atoms with E-state index < -0.39 is 43.9 Å². The summed E-state index contributed by atoms with van der Waals surface area (Å²) in [7, 11) is -4.89. The summed E-state index contributed by atoms with van der Waals surface area (Å²) in [6.07, 6.45) is 3.81. The van der Waals surface area contributed by atoms with E-state index >= 15 is 4.39 Å². The minimum Gasteiger partial charge on any atom is -0.395 e. The van der Waals surface area contributed by atoms with E-state index in [1.165, 1.54) is 43.6 Å². The zero-order chi connectivity index (χ0) is 30.0. The summed E-state index contributed by atoms with van der Waals surface area (Å²) in [4.78, 5) is 15.9. The Kier molecular flexibility index (Phi) is 8.15. The average Bonchev–Trinajstić information content (AvgIpc) is 3.41. The van der Waals surface area contributed by atoms with Crippen molar-refractivity contribution in [3.63, 3.8) is 0 Å². The van der Waals surface area contributed by atoms with Gasteiger partial charge in [0.1, 0.15) is 22.5 Å². The van der Waals surface area contributed by atoms with Gasteiger partial charge in [-0.25, -0.2) is 40.9 Å². The summed E-state index contributed by atoms with van der Waals surface area (Å²) in [6.45, 7) is 1.25. The molecule has 0 unspecified atom stereocenters. The van der Waals surface area contributed by atoms with Crippen LogP contribution in [-0.4, -0.2) is 46.6 Å². The second-order valence-electron chi connectivity index (χ2n) is 8.78. The third-order valence-corrected chi connectivity index (χ3v) is 8.40. The fourth-order valence-electron chi connectivity index (χ4n) is 3.93. The van der Waals surface area contributed by atoms with Crippen LogP contribution in [0.4, 0.5) is 29.2 Å². The minimum atomic E-state index is -4.89. The van der Waals surface area contributed by atoms with Crippen molar-refractivity contribution in [2.24, 2.45) is 0 Å². The van der Waals surface area contributed by atoms with Crippen molar-refractivity contribution in [3.05, 3.63) is 89.9 Å². The van der Waals surface area contributed by atoms with E-state index in [-0.39, 0.29) is 40.9 Å². The van der Waals surface area contributed by atoms with Gasteiger partial charge in [0.15, 0.2) is 10.7 Å². The van der Waals surface area contributed by atoms with Gasteiger partial charge >= 0.3 is 0 Å². The van der Waals surface area contributed by atoms with Crippen molar-refractivity contribution < 1.29 is 31.1 Å². The summed E-state index contributed by atoms with van der Waals surface area (Å²) in [5, 5.41) is 12.2. The third kappa shape index (κ3) is 5.79. The van der Waals surface area contributed by atoms with E-state index in [1.807, 2.05) is 4.72 Å². The molecule has 3 N–H and O–H groups in total. The Balaban J connectivity index is 1.64. The van der Waals surface area contributed by atoms with Gasteiger partial charge in [-0.05, 0) is 42.8 Å². The van der Waals surface area contributed by atoms with Crippen LogP contribution in [0.2, 0.25) is 0 Å². The molecule has 2 aromatic carbocycles. The molecule has 0 aliphatic rings. The van der Waals surface area contributed by atoms with Crippen molar-refractivity contribution in [1.82, 2.24) is 19.9 Å². The van der Waals surface area contributed by atoms with Crippen LogP contribution in [-0.2, 0) is 10.0 Å². The number of hydrogen-bond acceptors (Lipinski definition) is 9. The molecule has 0 saturated heterocycles. The van der Waals surface area contributed by atoms with E-state index in [9.17, 15) is 21.6 Å². The molecule has 5 rings (SSSR count). The van der Waals surface area contributed by atoms with Crippen molar-refractivity contribution in [1.29, 1.82) is 0 Å². The Morgan fingerprint density at radius 2 is 1.81 bits per heavy atom. The van der Waals surface area contributed by atoms with E-state index in [0.29, 0.717) is 16.1 Å². The molecule has 3 aromatic heterocycles. The van der Waals surface area contributed by atoms with Crippen LogP contribution >= 0.6 is 11.3 Å². The zero-order valence-corrected chi connectivity index (χ0v) is 23.2. The van der Waals surface area contributed by atoms with E-state index in [2.05, 4.69) is 25.3 Å². The lowest BCUT2D eigenvalue weighted by atomic mass is 10.1. The Labute approximate surface area is 241 Å². The molecule has 9 nitrogen and oxygen atoms in total. The molecular weight excluding hydrogens is 596 g/mol. The minimum absolute atomic E-state index is 0.0255. The molecule has 216 valence electrons. The van der Waals surface area contributed by atoms with Gasteiger partial charge in [-0.2, -0.15) is 0 Å². The Morgan fingerprint density at radius 1 is 1.00 bits per heavy atom. The number of thiazole rings is 1. The number of aryl methyl sites for hydroxylation is 1. The lowest BCUT2D eigenvalue weighted by Gasteiger charge is -2.13. The van der Waals surface area contributed by atoms with Crippen LogP contribution in [0.25, 0.3) is 32.4 Å². The standard InChI is InChI=1S/C27H20F4N6O3S2/c1-14-5-6-18(29)25(21(14)30)42(39,40)37-19-4-2-3-17(22(19)31)23-24(20-7-8-33-27(35-20)34-9-10-38)41-26(36-23)15-11-16(28)13-32-12-15/h2-8,11-13,37-38H,9-10H2,1H3,(H,33,34,35). The van der Waals surface area contributed by atoms with Crippen molar-refractivity contribution in [3.8, 4) is 32.4 Å². The first-order chi connectivity index (χ1) is 20.1. The maximum atomic E-state index is 16.0. The van der Waals surface area contributed by atoms with Gasteiger partial charge < -0.3 is 10.4 Å². The third-order valence-electron chi connectivity index (χ3n) is 5.87. The molecule has 0 atom stereocenters. The number of rotatable bonds is 9. The van der Waals surface area contributed by atoms with E-state index in [4.69, 9.17) is 5.11 Å². The quantitative estimate of drug-likeness (QED) is 0.188. The highest BCUT2D eigenvalue weighted by molar-refractivity contribution is 7.92. The van der Waals surface area contributed by atoms with E-state index in [1.54, 1.807) is 0 Å². The number of aromatic nitrogens is 4. The van der Waals surface area contributed by atoms with Gasteiger partial charge in [0.2, 0.25) is 5.95 Å². The second kappa shape index (κ2) is 11.8. The molecule has 0 spiro atoms. The number of sulfonamides is 1. The fraction of sp³-hybridized carbons (Fsp3) is 0.111. The molecule has 42 heavy (non-hydrogen) atoms. The largest absolute Gasteiger partial charge is 0.395 e. The summed E-state index contributed by atoms with van der Waals surface area (Å²) >= 11 is 1.04. The molecule has 0 bridgehead atoms. The number of anilines is 2. The first-order valence-corrected chi connectivity index (χ1v) is 14.4. The predicted molar refractivity (Wildman–Crippen MR) is 149 cm³/mol. The molecule has 0 saturated carbocycles. The van der Waals surface area contributed by atoms with Gasteiger partial charge in [0, 0.05) is 30.1 Å². The van der Waals surface area contributed by atoms with Gasteiger partial charge in [0.05, 0.1) is 34.8 Å². The Morgan fingerprint density at radius 3 is 2.57 bits per heavy atom. The molecule has 0 fully saturated rings. The summed E-state index contributed by atoms with van der Waals surface area (Å²) in [5.74, 6) is -4.19. The number of aliphatic hydroxyl groups is 1. The van der Waals surface area contributed by atoms with Crippen molar-refractivity contribution in [2.75, 3.05) is 23.2 Å². The Bertz CT molecular complexity index is 1900. The molecule has 0 aliphatic heterocycles. The topological polar surface area (TPSA) is 130 Å². The van der Waals surface area contributed by atoms with Gasteiger partial charge in [-0.1, -0.05) is 12.1 Å². The summed E-state index contributed by atoms with van der Waals surface area (Å²) in [6, 6.07) is 8.36. The number of nitrogens with zero attached hydrogens (tertiary/aromatic N) is 4. The van der Waals surface area contributed by atoms with Crippen molar-refractivity contribution in [2.45, 2.75) is 11.8 Å². The molecule has 3 heterocycles. The molecule has 0 amide bonds. The monoisotopic (exact) mass is 616 g/mol. The number of hydrogen-bond donors (Lipinski definition) is 3. The first-order valence-electron chi connectivity index (χ1n) is 12.1. The number of benzene rings is 2. The molecule has 0 radical (unpaired) electrons. The average molecular weight is 617 g/mol. The van der Waals surface area contributed by atoms with Crippen LogP contribution in [0.1, 0.15) is 5.56 Å². The number of pyridine rings is 1. The maximum absolute atomic E-state index is 16.0. The van der Waals surface area contributed by atoms with Gasteiger partial charge in [-0.15, -0.1) is 11.3 Å². The molecular formula is C27H20F4N6O3S2. The Hall–Kier alpha value is -4.47. The highest BCUT2D eigenvalue weighted by Gasteiger charge is 2.28. The highest BCUT2D eigenvalue weighted by atomic mass is 32.2. The highest BCUT2D eigenvalue weighted by Crippen LogP contribution is 2.42. The summed E-state index contributed by atoms with van der Waals surface area (Å²) in [5.41, 5.74) is -0.266. The summed E-state index contributed by atoms with van der Waals surface area (Å²) < 4.78 is 86.9. The number of nitrogens with one attached hydrogen (secondary N) is 2. The van der Waals surface area contributed by atoms with Crippen molar-refractivity contribution >= 4 is 33.0 Å². The normalized spacial score (nSPS) is 11.5.